The fourth-order valence-corrected chi connectivity index (χ4v) is 3.66. The van der Waals surface area contributed by atoms with Crippen LogP contribution in [0, 0.1) is 5.92 Å². The summed E-state index contributed by atoms with van der Waals surface area (Å²) in [4.78, 5) is 29.5. The standard InChI is InChI=1S/C24H28N2O3/c1-16(2)14-20(27)21-22(18-10-12-19(13-11-18)25(3)4)26(24(29)23(21)28)15-17-8-6-5-7-9-17/h5-13,16,22,28H,14-15H2,1-4H3. The normalized spacial score (nSPS) is 16.7. The molecule has 0 fully saturated rings. The van der Waals surface area contributed by atoms with Gasteiger partial charge < -0.3 is 14.9 Å². The first-order valence-corrected chi connectivity index (χ1v) is 9.88. The molecule has 0 aliphatic carbocycles. The van der Waals surface area contributed by atoms with Gasteiger partial charge in [0.25, 0.3) is 5.91 Å². The molecule has 2 aromatic carbocycles. The van der Waals surface area contributed by atoms with Gasteiger partial charge in [-0.3, -0.25) is 9.59 Å². The van der Waals surface area contributed by atoms with Crippen molar-refractivity contribution in [2.24, 2.45) is 5.92 Å². The predicted molar refractivity (Wildman–Crippen MR) is 115 cm³/mol. The fourth-order valence-electron chi connectivity index (χ4n) is 3.66. The van der Waals surface area contributed by atoms with Crippen molar-refractivity contribution in [3.05, 3.63) is 77.1 Å². The number of benzene rings is 2. The number of Topliss-reactive ketones (excluding diaryl/α,β-unsaturated/α-hetero) is 1. The Kier molecular flexibility index (Phi) is 6.06. The first-order valence-electron chi connectivity index (χ1n) is 9.88. The molecule has 29 heavy (non-hydrogen) atoms. The number of anilines is 1. The Labute approximate surface area is 172 Å². The lowest BCUT2D eigenvalue weighted by atomic mass is 9.92. The molecule has 1 amide bonds. The molecule has 1 heterocycles. The molecule has 152 valence electrons. The quantitative estimate of drug-likeness (QED) is 0.765. The van der Waals surface area contributed by atoms with Crippen molar-refractivity contribution >= 4 is 17.4 Å². The maximum atomic E-state index is 13.0. The van der Waals surface area contributed by atoms with E-state index in [1.54, 1.807) is 4.90 Å². The molecule has 0 saturated heterocycles. The van der Waals surface area contributed by atoms with E-state index in [0.29, 0.717) is 6.54 Å². The summed E-state index contributed by atoms with van der Waals surface area (Å²) >= 11 is 0. The van der Waals surface area contributed by atoms with Gasteiger partial charge in [0.2, 0.25) is 0 Å². The first kappa shape index (κ1) is 20.6. The van der Waals surface area contributed by atoms with E-state index in [2.05, 4.69) is 0 Å². The van der Waals surface area contributed by atoms with Crippen LogP contribution in [-0.2, 0) is 16.1 Å². The lowest BCUT2D eigenvalue weighted by Gasteiger charge is -2.27. The van der Waals surface area contributed by atoms with Crippen LogP contribution in [0.5, 0.6) is 0 Å². The lowest BCUT2D eigenvalue weighted by molar-refractivity contribution is -0.130. The van der Waals surface area contributed by atoms with Crippen LogP contribution in [0.25, 0.3) is 0 Å². The van der Waals surface area contributed by atoms with Crippen molar-refractivity contribution in [3.63, 3.8) is 0 Å². The molecule has 0 bridgehead atoms. The van der Waals surface area contributed by atoms with Gasteiger partial charge in [0.15, 0.2) is 11.5 Å². The van der Waals surface area contributed by atoms with E-state index in [9.17, 15) is 14.7 Å². The van der Waals surface area contributed by atoms with Crippen molar-refractivity contribution in [3.8, 4) is 0 Å². The van der Waals surface area contributed by atoms with Crippen LogP contribution in [0.15, 0.2) is 65.9 Å². The number of hydrogen-bond acceptors (Lipinski definition) is 4. The maximum absolute atomic E-state index is 13.0. The molecule has 5 nitrogen and oxygen atoms in total. The third-order valence-corrected chi connectivity index (χ3v) is 5.12. The third kappa shape index (κ3) is 4.34. The molecular weight excluding hydrogens is 364 g/mol. The topological polar surface area (TPSA) is 60.9 Å². The first-order chi connectivity index (χ1) is 13.8. The summed E-state index contributed by atoms with van der Waals surface area (Å²) < 4.78 is 0. The van der Waals surface area contributed by atoms with Crippen LogP contribution in [-0.4, -0.2) is 35.8 Å². The molecule has 0 aromatic heterocycles. The average molecular weight is 392 g/mol. The Bertz CT molecular complexity index is 915. The van der Waals surface area contributed by atoms with E-state index < -0.39 is 17.7 Å². The number of rotatable bonds is 7. The predicted octanol–water partition coefficient (Wildman–Crippen LogP) is 4.26. The summed E-state index contributed by atoms with van der Waals surface area (Å²) in [6.07, 6.45) is 0.290. The van der Waals surface area contributed by atoms with Crippen molar-refractivity contribution < 1.29 is 14.7 Å². The van der Waals surface area contributed by atoms with Crippen LogP contribution in [0.1, 0.15) is 37.4 Å². The Balaban J connectivity index is 2.03. The van der Waals surface area contributed by atoms with Gasteiger partial charge in [-0.15, -0.1) is 0 Å². The minimum Gasteiger partial charge on any atom is -0.503 e. The highest BCUT2D eigenvalue weighted by atomic mass is 16.3. The van der Waals surface area contributed by atoms with Crippen LogP contribution in [0.4, 0.5) is 5.69 Å². The molecule has 1 aliphatic rings. The Morgan fingerprint density at radius 1 is 1.07 bits per heavy atom. The van der Waals surface area contributed by atoms with E-state index in [1.807, 2.05) is 87.4 Å². The van der Waals surface area contributed by atoms with Gasteiger partial charge in [0.05, 0.1) is 11.6 Å². The molecule has 0 saturated carbocycles. The third-order valence-electron chi connectivity index (χ3n) is 5.12. The number of aliphatic hydroxyl groups is 1. The maximum Gasteiger partial charge on any atom is 0.290 e. The van der Waals surface area contributed by atoms with Crippen molar-refractivity contribution in [1.82, 2.24) is 4.90 Å². The van der Waals surface area contributed by atoms with E-state index in [-0.39, 0.29) is 23.7 Å². The van der Waals surface area contributed by atoms with Gasteiger partial charge in [0.1, 0.15) is 0 Å². The van der Waals surface area contributed by atoms with Gasteiger partial charge in [-0.2, -0.15) is 0 Å². The van der Waals surface area contributed by atoms with Crippen molar-refractivity contribution in [2.45, 2.75) is 32.9 Å². The summed E-state index contributed by atoms with van der Waals surface area (Å²) in [5.41, 5.74) is 2.99. The fraction of sp³-hybridized carbons (Fsp3) is 0.333. The second-order valence-corrected chi connectivity index (χ2v) is 8.09. The van der Waals surface area contributed by atoms with Gasteiger partial charge in [0, 0.05) is 32.7 Å². The molecule has 0 spiro atoms. The second-order valence-electron chi connectivity index (χ2n) is 8.09. The Morgan fingerprint density at radius 3 is 2.24 bits per heavy atom. The molecule has 1 atom stereocenters. The Hall–Kier alpha value is -3.08. The minimum absolute atomic E-state index is 0.137. The van der Waals surface area contributed by atoms with Crippen LogP contribution >= 0.6 is 0 Å². The molecular formula is C24H28N2O3. The molecule has 2 aromatic rings. The van der Waals surface area contributed by atoms with Crippen molar-refractivity contribution in [1.29, 1.82) is 0 Å². The van der Waals surface area contributed by atoms with E-state index >= 15 is 0 Å². The highest BCUT2D eigenvalue weighted by Crippen LogP contribution is 2.40. The summed E-state index contributed by atoms with van der Waals surface area (Å²) in [7, 11) is 3.91. The summed E-state index contributed by atoms with van der Waals surface area (Å²) in [5, 5.41) is 10.6. The number of carbonyl (C=O) groups excluding carboxylic acids is 2. The van der Waals surface area contributed by atoms with E-state index in [0.717, 1.165) is 16.8 Å². The van der Waals surface area contributed by atoms with Crippen LogP contribution in [0.3, 0.4) is 0 Å². The highest BCUT2D eigenvalue weighted by Gasteiger charge is 2.43. The number of nitrogens with zero attached hydrogens (tertiary/aromatic N) is 2. The van der Waals surface area contributed by atoms with Gasteiger partial charge in [-0.05, 0) is 29.2 Å². The largest absolute Gasteiger partial charge is 0.503 e. The summed E-state index contributed by atoms with van der Waals surface area (Å²) in [6.45, 7) is 4.23. The second kappa shape index (κ2) is 8.52. The molecule has 3 rings (SSSR count). The van der Waals surface area contributed by atoms with Gasteiger partial charge in [-0.25, -0.2) is 0 Å². The zero-order valence-corrected chi connectivity index (χ0v) is 17.4. The zero-order valence-electron chi connectivity index (χ0n) is 17.4. The van der Waals surface area contributed by atoms with E-state index in [1.165, 1.54) is 0 Å². The number of hydrogen-bond donors (Lipinski definition) is 1. The molecule has 0 radical (unpaired) electrons. The monoisotopic (exact) mass is 392 g/mol. The molecule has 1 aliphatic heterocycles. The number of ketones is 1. The average Bonchev–Trinajstić information content (AvgIpc) is 2.93. The van der Waals surface area contributed by atoms with Gasteiger partial charge in [-0.1, -0.05) is 56.3 Å². The molecule has 1 N–H and O–H groups in total. The smallest absolute Gasteiger partial charge is 0.290 e. The summed E-state index contributed by atoms with van der Waals surface area (Å²) in [5.74, 6) is -0.961. The van der Waals surface area contributed by atoms with Crippen LogP contribution < -0.4 is 4.90 Å². The summed E-state index contributed by atoms with van der Waals surface area (Å²) in [6, 6.07) is 16.8. The SMILES string of the molecule is CC(C)CC(=O)C1=C(O)C(=O)N(Cc2ccccc2)C1c1ccc(N(C)C)cc1. The number of carbonyl (C=O) groups is 2. The minimum atomic E-state index is -0.592. The number of aliphatic hydroxyl groups excluding tert-OH is 1. The van der Waals surface area contributed by atoms with Crippen molar-refractivity contribution in [2.75, 3.05) is 19.0 Å². The van der Waals surface area contributed by atoms with E-state index in [4.69, 9.17) is 0 Å². The molecule has 5 heteroatoms. The number of amides is 1. The lowest BCUT2D eigenvalue weighted by Crippen LogP contribution is -2.30. The molecule has 1 unspecified atom stereocenters. The highest BCUT2D eigenvalue weighted by molar-refractivity contribution is 6.09. The zero-order chi connectivity index (χ0) is 21.1. The van der Waals surface area contributed by atoms with Gasteiger partial charge >= 0.3 is 0 Å². The Morgan fingerprint density at radius 2 is 1.69 bits per heavy atom. The van der Waals surface area contributed by atoms with Crippen LogP contribution in [0.2, 0.25) is 0 Å².